The van der Waals surface area contributed by atoms with Gasteiger partial charge in [0.1, 0.15) is 0 Å². The fraction of sp³-hybridized carbons (Fsp3) is 0.250. The predicted octanol–water partition coefficient (Wildman–Crippen LogP) is 4.51. The summed E-state index contributed by atoms with van der Waals surface area (Å²) in [4.78, 5) is 22.0. The van der Waals surface area contributed by atoms with Crippen molar-refractivity contribution in [1.82, 2.24) is 19.6 Å². The molecule has 0 atom stereocenters. The van der Waals surface area contributed by atoms with Crippen LogP contribution in [0.15, 0.2) is 42.5 Å². The summed E-state index contributed by atoms with van der Waals surface area (Å²) in [5, 5.41) is 7.70. The van der Waals surface area contributed by atoms with Gasteiger partial charge in [0.05, 0.1) is 6.42 Å². The monoisotopic (exact) mass is 399 g/mol. The molecule has 0 fully saturated rings. The summed E-state index contributed by atoms with van der Waals surface area (Å²) in [7, 11) is 0. The normalized spacial score (nSPS) is 11.1. The standard InChI is InChI=1S/C24H25N5O/c1-14-9-11-19(12-10-14)23-27-24-25-17(4)20(18(5)29(24)28-23)13-21(30)26-22-15(2)7-6-8-16(22)3/h6-12H,13H2,1-5H3,(H,26,30). The third kappa shape index (κ3) is 3.68. The lowest BCUT2D eigenvalue weighted by Crippen LogP contribution is -2.19. The molecule has 0 saturated heterocycles. The number of carbonyl (C=O) groups is 1. The number of amides is 1. The molecule has 1 amide bonds. The second-order valence-corrected chi connectivity index (χ2v) is 7.77. The molecule has 1 N–H and O–H groups in total. The van der Waals surface area contributed by atoms with E-state index >= 15 is 0 Å². The van der Waals surface area contributed by atoms with Gasteiger partial charge in [0.15, 0.2) is 5.82 Å². The Morgan fingerprint density at radius 1 is 0.933 bits per heavy atom. The average Bonchev–Trinajstić information content (AvgIpc) is 3.13. The molecule has 2 aromatic heterocycles. The number of aryl methyl sites for hydroxylation is 5. The van der Waals surface area contributed by atoms with Gasteiger partial charge in [-0.05, 0) is 45.7 Å². The summed E-state index contributed by atoms with van der Waals surface area (Å²) in [6, 6.07) is 14.1. The van der Waals surface area contributed by atoms with Crippen molar-refractivity contribution < 1.29 is 4.79 Å². The molecule has 30 heavy (non-hydrogen) atoms. The molecule has 0 unspecified atom stereocenters. The Kier molecular flexibility index (Phi) is 5.08. The highest BCUT2D eigenvalue weighted by molar-refractivity contribution is 5.94. The Morgan fingerprint density at radius 3 is 2.27 bits per heavy atom. The Bertz CT molecular complexity index is 1230. The molecule has 4 aromatic rings. The minimum Gasteiger partial charge on any atom is -0.325 e. The van der Waals surface area contributed by atoms with Crippen LogP contribution in [0.3, 0.4) is 0 Å². The highest BCUT2D eigenvalue weighted by Crippen LogP contribution is 2.22. The van der Waals surface area contributed by atoms with Crippen LogP contribution in [0.1, 0.15) is 33.6 Å². The molecule has 152 valence electrons. The first-order valence-corrected chi connectivity index (χ1v) is 9.99. The molecular weight excluding hydrogens is 374 g/mol. The first kappa shape index (κ1) is 19.8. The first-order chi connectivity index (χ1) is 14.3. The molecule has 2 heterocycles. The minimum absolute atomic E-state index is 0.0707. The third-order valence-corrected chi connectivity index (χ3v) is 5.44. The minimum atomic E-state index is -0.0707. The fourth-order valence-electron chi connectivity index (χ4n) is 3.64. The highest BCUT2D eigenvalue weighted by Gasteiger charge is 2.17. The number of rotatable bonds is 4. The van der Waals surface area contributed by atoms with Gasteiger partial charge in [-0.3, -0.25) is 4.79 Å². The van der Waals surface area contributed by atoms with Crippen LogP contribution < -0.4 is 5.32 Å². The van der Waals surface area contributed by atoms with E-state index in [4.69, 9.17) is 0 Å². The number of nitrogens with zero attached hydrogens (tertiary/aromatic N) is 4. The zero-order valence-electron chi connectivity index (χ0n) is 17.9. The lowest BCUT2D eigenvalue weighted by Gasteiger charge is -2.13. The van der Waals surface area contributed by atoms with E-state index in [1.165, 1.54) is 5.56 Å². The summed E-state index contributed by atoms with van der Waals surface area (Å²) in [5.41, 5.74) is 7.62. The van der Waals surface area contributed by atoms with E-state index in [2.05, 4.69) is 20.4 Å². The van der Waals surface area contributed by atoms with Crippen molar-refractivity contribution in [2.45, 2.75) is 41.0 Å². The Balaban J connectivity index is 1.66. The van der Waals surface area contributed by atoms with Crippen molar-refractivity contribution in [3.63, 3.8) is 0 Å². The van der Waals surface area contributed by atoms with E-state index in [1.807, 2.05) is 77.1 Å². The first-order valence-electron chi connectivity index (χ1n) is 9.99. The van der Waals surface area contributed by atoms with Gasteiger partial charge in [0.2, 0.25) is 5.91 Å². The summed E-state index contributed by atoms with van der Waals surface area (Å²) >= 11 is 0. The van der Waals surface area contributed by atoms with Gasteiger partial charge in [-0.15, -0.1) is 5.10 Å². The van der Waals surface area contributed by atoms with Gasteiger partial charge in [0, 0.05) is 28.2 Å². The van der Waals surface area contributed by atoms with Crippen molar-refractivity contribution in [2.75, 3.05) is 5.32 Å². The van der Waals surface area contributed by atoms with Crippen LogP contribution in [0, 0.1) is 34.6 Å². The van der Waals surface area contributed by atoms with Gasteiger partial charge in [0.25, 0.3) is 5.78 Å². The van der Waals surface area contributed by atoms with E-state index in [9.17, 15) is 4.79 Å². The van der Waals surface area contributed by atoms with E-state index < -0.39 is 0 Å². The Hall–Kier alpha value is -3.54. The topological polar surface area (TPSA) is 72.2 Å². The van der Waals surface area contributed by atoms with Crippen molar-refractivity contribution >= 4 is 17.4 Å². The number of carbonyl (C=O) groups excluding carboxylic acids is 1. The number of fused-ring (bicyclic) bond motifs is 1. The van der Waals surface area contributed by atoms with Crippen LogP contribution in [0.25, 0.3) is 17.2 Å². The molecule has 0 bridgehead atoms. The van der Waals surface area contributed by atoms with Crippen LogP contribution in [0.5, 0.6) is 0 Å². The molecule has 0 aliphatic carbocycles. The van der Waals surface area contributed by atoms with Crippen molar-refractivity contribution in [3.05, 3.63) is 76.1 Å². The lowest BCUT2D eigenvalue weighted by atomic mass is 10.1. The SMILES string of the molecule is Cc1ccc(-c2nc3nc(C)c(CC(=O)Nc4c(C)cccc4C)c(C)n3n2)cc1. The molecule has 0 aliphatic heterocycles. The summed E-state index contributed by atoms with van der Waals surface area (Å²) in [6.07, 6.45) is 0.230. The second-order valence-electron chi connectivity index (χ2n) is 7.77. The average molecular weight is 399 g/mol. The molecule has 0 radical (unpaired) electrons. The van der Waals surface area contributed by atoms with Crippen molar-refractivity contribution in [2.24, 2.45) is 0 Å². The van der Waals surface area contributed by atoms with Gasteiger partial charge in [-0.25, -0.2) is 9.50 Å². The number of para-hydroxylation sites is 1. The maximum absolute atomic E-state index is 12.8. The van der Waals surface area contributed by atoms with Gasteiger partial charge in [-0.1, -0.05) is 48.0 Å². The molecular formula is C24H25N5O. The maximum Gasteiger partial charge on any atom is 0.253 e. The van der Waals surface area contributed by atoms with Crippen LogP contribution in [0.4, 0.5) is 5.69 Å². The van der Waals surface area contributed by atoms with Crippen LogP contribution in [0.2, 0.25) is 0 Å². The van der Waals surface area contributed by atoms with E-state index in [-0.39, 0.29) is 12.3 Å². The van der Waals surface area contributed by atoms with E-state index in [0.717, 1.165) is 39.3 Å². The molecule has 4 rings (SSSR count). The smallest absolute Gasteiger partial charge is 0.253 e. The summed E-state index contributed by atoms with van der Waals surface area (Å²) < 4.78 is 1.73. The largest absolute Gasteiger partial charge is 0.325 e. The van der Waals surface area contributed by atoms with Gasteiger partial charge < -0.3 is 5.32 Å². The third-order valence-electron chi connectivity index (χ3n) is 5.44. The maximum atomic E-state index is 12.8. The number of aromatic nitrogens is 4. The van der Waals surface area contributed by atoms with Crippen molar-refractivity contribution in [1.29, 1.82) is 0 Å². The number of nitrogens with one attached hydrogen (secondary N) is 1. The quantitative estimate of drug-likeness (QED) is 0.548. The molecule has 6 nitrogen and oxygen atoms in total. The molecule has 0 saturated carbocycles. The molecule has 2 aromatic carbocycles. The fourth-order valence-corrected chi connectivity index (χ4v) is 3.64. The number of hydrogen-bond acceptors (Lipinski definition) is 4. The summed E-state index contributed by atoms with van der Waals surface area (Å²) in [6.45, 7) is 9.90. The lowest BCUT2D eigenvalue weighted by molar-refractivity contribution is -0.115. The van der Waals surface area contributed by atoms with Crippen LogP contribution in [-0.4, -0.2) is 25.5 Å². The Labute approximate surface area is 176 Å². The second kappa shape index (κ2) is 7.71. The van der Waals surface area contributed by atoms with E-state index in [1.54, 1.807) is 4.52 Å². The molecule has 6 heteroatoms. The van der Waals surface area contributed by atoms with E-state index in [0.29, 0.717) is 11.6 Å². The zero-order chi connectivity index (χ0) is 21.4. The summed E-state index contributed by atoms with van der Waals surface area (Å²) in [5.74, 6) is 1.10. The molecule has 0 aliphatic rings. The Morgan fingerprint density at radius 2 is 1.60 bits per heavy atom. The number of anilines is 1. The molecule has 0 spiro atoms. The number of benzene rings is 2. The van der Waals surface area contributed by atoms with Crippen LogP contribution in [-0.2, 0) is 11.2 Å². The van der Waals surface area contributed by atoms with Gasteiger partial charge in [-0.2, -0.15) is 4.98 Å². The highest BCUT2D eigenvalue weighted by atomic mass is 16.1. The predicted molar refractivity (Wildman–Crippen MR) is 119 cm³/mol. The van der Waals surface area contributed by atoms with Gasteiger partial charge >= 0.3 is 0 Å². The zero-order valence-corrected chi connectivity index (χ0v) is 17.9. The number of hydrogen-bond donors (Lipinski definition) is 1. The van der Waals surface area contributed by atoms with Crippen LogP contribution >= 0.6 is 0 Å². The van der Waals surface area contributed by atoms with Crippen molar-refractivity contribution in [3.8, 4) is 11.4 Å².